The van der Waals surface area contributed by atoms with Crippen LogP contribution in [0.3, 0.4) is 0 Å². The van der Waals surface area contributed by atoms with E-state index in [4.69, 9.17) is 0 Å². The van der Waals surface area contributed by atoms with Crippen molar-refractivity contribution in [2.24, 2.45) is 0 Å². The molecule has 3 aromatic rings. The lowest BCUT2D eigenvalue weighted by Gasteiger charge is -2.04. The number of nitrogens with one attached hydrogen (secondary N) is 1. The molecule has 0 radical (unpaired) electrons. The molecule has 0 aliphatic rings. The summed E-state index contributed by atoms with van der Waals surface area (Å²) in [6.07, 6.45) is 5.41. The van der Waals surface area contributed by atoms with Crippen LogP contribution in [0.25, 0.3) is 23.1 Å². The quantitative estimate of drug-likeness (QED) is 0.570. The summed E-state index contributed by atoms with van der Waals surface area (Å²) in [5.74, 6) is -0.352. The van der Waals surface area contributed by atoms with Gasteiger partial charge in [-0.25, -0.2) is 0 Å². The Morgan fingerprint density at radius 2 is 1.96 bits per heavy atom. The first-order chi connectivity index (χ1) is 12.0. The first-order valence-corrected chi connectivity index (χ1v) is 7.62. The van der Waals surface area contributed by atoms with Gasteiger partial charge >= 0.3 is 0 Å². The van der Waals surface area contributed by atoms with Crippen LogP contribution in [0.15, 0.2) is 54.7 Å². The van der Waals surface area contributed by atoms with E-state index in [1.807, 2.05) is 36.4 Å². The van der Waals surface area contributed by atoms with Gasteiger partial charge in [-0.1, -0.05) is 36.4 Å². The van der Waals surface area contributed by atoms with Gasteiger partial charge in [-0.05, 0) is 29.3 Å². The maximum Gasteiger partial charge on any atom is 0.293 e. The van der Waals surface area contributed by atoms with Gasteiger partial charge in [0.25, 0.3) is 5.69 Å². The molecule has 0 saturated heterocycles. The van der Waals surface area contributed by atoms with Crippen molar-refractivity contribution in [3.63, 3.8) is 0 Å². The number of rotatable bonds is 4. The molecule has 0 saturated carbocycles. The van der Waals surface area contributed by atoms with Gasteiger partial charge < -0.3 is 5.32 Å². The third-order valence-electron chi connectivity index (χ3n) is 3.67. The molecular formula is C19H15N3O3. The van der Waals surface area contributed by atoms with E-state index in [9.17, 15) is 14.9 Å². The highest BCUT2D eigenvalue weighted by Crippen LogP contribution is 2.27. The van der Waals surface area contributed by atoms with Gasteiger partial charge in [-0.2, -0.15) is 0 Å². The number of nitro benzene ring substituents is 1. The van der Waals surface area contributed by atoms with Gasteiger partial charge in [0.15, 0.2) is 0 Å². The van der Waals surface area contributed by atoms with E-state index in [1.165, 1.54) is 19.1 Å². The average molecular weight is 333 g/mol. The van der Waals surface area contributed by atoms with Crippen molar-refractivity contribution in [1.82, 2.24) is 4.98 Å². The molecule has 3 rings (SSSR count). The molecule has 6 nitrogen and oxygen atoms in total. The third kappa shape index (κ3) is 3.69. The van der Waals surface area contributed by atoms with E-state index in [0.717, 1.165) is 16.5 Å². The van der Waals surface area contributed by atoms with Crippen LogP contribution in [0.4, 0.5) is 11.4 Å². The second-order valence-electron chi connectivity index (χ2n) is 5.47. The normalized spacial score (nSPS) is 10.9. The highest BCUT2D eigenvalue weighted by atomic mass is 16.6. The van der Waals surface area contributed by atoms with Gasteiger partial charge in [-0.15, -0.1) is 0 Å². The number of hydrogen-bond acceptors (Lipinski definition) is 4. The van der Waals surface area contributed by atoms with Crippen molar-refractivity contribution in [3.8, 4) is 0 Å². The number of fused-ring (bicyclic) bond motifs is 1. The van der Waals surface area contributed by atoms with Gasteiger partial charge in [0.05, 0.1) is 10.4 Å². The lowest BCUT2D eigenvalue weighted by Crippen LogP contribution is -2.08. The third-order valence-corrected chi connectivity index (χ3v) is 3.67. The van der Waals surface area contributed by atoms with Gasteiger partial charge in [0.1, 0.15) is 5.69 Å². The number of hydrogen-bond donors (Lipinski definition) is 1. The Labute approximate surface area is 144 Å². The number of benzene rings is 2. The fraction of sp³-hybridized carbons (Fsp3) is 0.0526. The van der Waals surface area contributed by atoms with Crippen LogP contribution >= 0.6 is 0 Å². The number of amides is 1. The van der Waals surface area contributed by atoms with Crippen molar-refractivity contribution < 1.29 is 9.72 Å². The standard InChI is InChI=1S/C19H15N3O3/c1-13(23)21-18-9-7-14(12-19(18)22(24)25)6-8-15-10-11-20-17-5-3-2-4-16(15)17/h2-12H,1H3,(H,21,23)/b8-6+. The summed E-state index contributed by atoms with van der Waals surface area (Å²) in [6, 6.07) is 14.3. The number of nitro groups is 1. The molecule has 0 unspecified atom stereocenters. The summed E-state index contributed by atoms with van der Waals surface area (Å²) in [6.45, 7) is 1.31. The summed E-state index contributed by atoms with van der Waals surface area (Å²) in [5.41, 5.74) is 2.57. The first kappa shape index (κ1) is 16.3. The molecule has 0 aliphatic carbocycles. The van der Waals surface area contributed by atoms with Crippen LogP contribution in [-0.4, -0.2) is 15.8 Å². The molecule has 2 aromatic carbocycles. The number of anilines is 1. The smallest absolute Gasteiger partial charge is 0.293 e. The molecule has 1 amide bonds. The Hall–Kier alpha value is -3.54. The second-order valence-corrected chi connectivity index (χ2v) is 5.47. The predicted molar refractivity (Wildman–Crippen MR) is 98.1 cm³/mol. The molecular weight excluding hydrogens is 318 g/mol. The Bertz CT molecular complexity index is 991. The Morgan fingerprint density at radius 3 is 2.72 bits per heavy atom. The summed E-state index contributed by atoms with van der Waals surface area (Å²) in [4.78, 5) is 26.2. The zero-order chi connectivity index (χ0) is 17.8. The molecule has 1 N–H and O–H groups in total. The minimum Gasteiger partial charge on any atom is -0.321 e. The van der Waals surface area contributed by atoms with Crippen molar-refractivity contribution in [2.45, 2.75) is 6.92 Å². The number of pyridine rings is 1. The van der Waals surface area contributed by atoms with E-state index in [2.05, 4.69) is 10.3 Å². The maximum absolute atomic E-state index is 11.2. The fourth-order valence-electron chi connectivity index (χ4n) is 2.55. The molecule has 0 bridgehead atoms. The zero-order valence-electron chi connectivity index (χ0n) is 13.5. The lowest BCUT2D eigenvalue weighted by molar-refractivity contribution is -0.383. The van der Waals surface area contributed by atoms with Crippen LogP contribution in [0.2, 0.25) is 0 Å². The highest BCUT2D eigenvalue weighted by molar-refractivity contribution is 5.93. The van der Waals surface area contributed by atoms with Crippen molar-refractivity contribution in [2.75, 3.05) is 5.32 Å². The average Bonchev–Trinajstić information content (AvgIpc) is 2.60. The first-order valence-electron chi connectivity index (χ1n) is 7.62. The molecule has 0 fully saturated rings. The van der Waals surface area contributed by atoms with E-state index in [1.54, 1.807) is 18.3 Å². The van der Waals surface area contributed by atoms with Crippen LogP contribution in [0, 0.1) is 10.1 Å². The monoisotopic (exact) mass is 333 g/mol. The molecule has 0 atom stereocenters. The minimum atomic E-state index is -0.509. The van der Waals surface area contributed by atoms with Crippen molar-refractivity contribution >= 4 is 40.3 Å². The molecule has 25 heavy (non-hydrogen) atoms. The van der Waals surface area contributed by atoms with E-state index in [0.29, 0.717) is 5.56 Å². The van der Waals surface area contributed by atoms with Crippen LogP contribution < -0.4 is 5.32 Å². The van der Waals surface area contributed by atoms with Crippen LogP contribution in [0.1, 0.15) is 18.1 Å². The van der Waals surface area contributed by atoms with Crippen LogP contribution in [-0.2, 0) is 4.79 Å². The zero-order valence-corrected chi connectivity index (χ0v) is 13.5. The number of carbonyl (C=O) groups excluding carboxylic acids is 1. The topological polar surface area (TPSA) is 85.1 Å². The minimum absolute atomic E-state index is 0.142. The van der Waals surface area contributed by atoms with Gasteiger partial charge in [-0.3, -0.25) is 19.9 Å². The van der Waals surface area contributed by atoms with E-state index >= 15 is 0 Å². The summed E-state index contributed by atoms with van der Waals surface area (Å²) >= 11 is 0. The largest absolute Gasteiger partial charge is 0.321 e. The number of aromatic nitrogens is 1. The Balaban J connectivity index is 1.97. The molecule has 6 heteroatoms. The summed E-state index contributed by atoms with van der Waals surface area (Å²) < 4.78 is 0. The van der Waals surface area contributed by atoms with E-state index in [-0.39, 0.29) is 17.3 Å². The molecule has 0 spiro atoms. The van der Waals surface area contributed by atoms with Gasteiger partial charge in [0, 0.05) is 24.6 Å². The summed E-state index contributed by atoms with van der Waals surface area (Å²) in [5, 5.41) is 14.7. The molecule has 1 aromatic heterocycles. The van der Waals surface area contributed by atoms with Crippen LogP contribution in [0.5, 0.6) is 0 Å². The van der Waals surface area contributed by atoms with E-state index < -0.39 is 4.92 Å². The van der Waals surface area contributed by atoms with Crippen molar-refractivity contribution in [3.05, 3.63) is 76.0 Å². The predicted octanol–water partition coefficient (Wildman–Crippen LogP) is 4.27. The SMILES string of the molecule is CC(=O)Nc1ccc(/C=C/c2ccnc3ccccc23)cc1[N+](=O)[O-]. The fourth-order valence-corrected chi connectivity index (χ4v) is 2.55. The second kappa shape index (κ2) is 6.92. The number of carbonyl (C=O) groups is 1. The Morgan fingerprint density at radius 1 is 1.16 bits per heavy atom. The molecule has 124 valence electrons. The van der Waals surface area contributed by atoms with Crippen molar-refractivity contribution in [1.29, 1.82) is 0 Å². The highest BCUT2D eigenvalue weighted by Gasteiger charge is 2.14. The number of para-hydroxylation sites is 1. The number of nitrogens with zero attached hydrogens (tertiary/aromatic N) is 2. The van der Waals surface area contributed by atoms with Gasteiger partial charge in [0.2, 0.25) is 5.91 Å². The molecule has 0 aliphatic heterocycles. The maximum atomic E-state index is 11.2. The molecule has 1 heterocycles. The lowest BCUT2D eigenvalue weighted by atomic mass is 10.1. The Kier molecular flexibility index (Phi) is 4.52. The summed E-state index contributed by atoms with van der Waals surface area (Å²) in [7, 11) is 0.